The van der Waals surface area contributed by atoms with Crippen LogP contribution < -0.4 is 0 Å². The molecule has 0 aromatic heterocycles. The second-order valence-electron chi connectivity index (χ2n) is 3.71. The highest BCUT2D eigenvalue weighted by atomic mass is 32.2. The summed E-state index contributed by atoms with van der Waals surface area (Å²) in [4.78, 5) is 13.4. The summed E-state index contributed by atoms with van der Waals surface area (Å²) in [6.07, 6.45) is 3.06. The van der Waals surface area contributed by atoms with Gasteiger partial charge in [-0.05, 0) is 17.2 Å². The van der Waals surface area contributed by atoms with E-state index in [9.17, 15) is 13.2 Å². The Kier molecular flexibility index (Phi) is 3.08. The summed E-state index contributed by atoms with van der Waals surface area (Å²) in [5, 5.41) is -1.17. The number of nitrogens with zero attached hydrogens (tertiary/aromatic N) is 2. The van der Waals surface area contributed by atoms with Gasteiger partial charge in [-0.2, -0.15) is 4.79 Å². The maximum atomic E-state index is 12.0. The lowest BCUT2D eigenvalue weighted by Gasteiger charge is -2.19. The quantitative estimate of drug-likeness (QED) is 0.263. The third-order valence-corrected chi connectivity index (χ3v) is 4.20. The highest BCUT2D eigenvalue weighted by molar-refractivity contribution is 8.04. The fraction of sp³-hybridized carbons (Fsp3) is 0.0833. The van der Waals surface area contributed by atoms with Crippen LogP contribution in [-0.2, 0) is 14.6 Å². The number of rotatable bonds is 2. The summed E-state index contributed by atoms with van der Waals surface area (Å²) in [5.41, 5.74) is 10.0. The zero-order valence-corrected chi connectivity index (χ0v) is 9.96. The molecular formula is C12H8N2O3S. The predicted molar refractivity (Wildman–Crippen MR) is 66.0 cm³/mol. The number of hydrogen-bond acceptors (Lipinski definition) is 3. The van der Waals surface area contributed by atoms with Gasteiger partial charge in [0.05, 0.1) is 5.57 Å². The summed E-state index contributed by atoms with van der Waals surface area (Å²) >= 11 is 0. The Morgan fingerprint density at radius 3 is 2.67 bits per heavy atom. The molecule has 1 aliphatic rings. The lowest BCUT2D eigenvalue weighted by atomic mass is 9.94. The van der Waals surface area contributed by atoms with Crippen molar-refractivity contribution in [2.24, 2.45) is 0 Å². The van der Waals surface area contributed by atoms with Crippen LogP contribution in [0.4, 0.5) is 0 Å². The van der Waals surface area contributed by atoms with Crippen molar-refractivity contribution in [2.45, 2.75) is 5.25 Å². The van der Waals surface area contributed by atoms with Crippen molar-refractivity contribution in [2.75, 3.05) is 0 Å². The molecule has 18 heavy (non-hydrogen) atoms. The topological polar surface area (TPSA) is 87.6 Å². The molecule has 1 aliphatic carbocycles. The van der Waals surface area contributed by atoms with Crippen LogP contribution >= 0.6 is 0 Å². The Bertz CT molecular complexity index is 721. The fourth-order valence-corrected chi connectivity index (χ4v) is 3.21. The Hall–Kier alpha value is -2.26. The third kappa shape index (κ3) is 1.96. The van der Waals surface area contributed by atoms with Gasteiger partial charge in [-0.15, -0.1) is 0 Å². The van der Waals surface area contributed by atoms with E-state index in [1.54, 1.807) is 36.3 Å². The minimum atomic E-state index is -3.90. The number of carbonyl (C=O) groups excluding carboxylic acids is 1. The molecule has 0 spiro atoms. The number of hydrogen-bond donors (Lipinski definition) is 0. The molecule has 0 saturated heterocycles. The van der Waals surface area contributed by atoms with Crippen LogP contribution in [0.5, 0.6) is 0 Å². The van der Waals surface area contributed by atoms with Gasteiger partial charge in [-0.1, -0.05) is 30.3 Å². The van der Waals surface area contributed by atoms with Crippen molar-refractivity contribution < 1.29 is 18.0 Å². The molecule has 0 radical (unpaired) electrons. The van der Waals surface area contributed by atoms with Gasteiger partial charge in [0, 0.05) is 0 Å². The monoisotopic (exact) mass is 260 g/mol. The van der Waals surface area contributed by atoms with Crippen LogP contribution in [-0.4, -0.2) is 24.7 Å². The Morgan fingerprint density at radius 1 is 1.28 bits per heavy atom. The second kappa shape index (κ2) is 4.55. The van der Waals surface area contributed by atoms with Crippen LogP contribution in [0.1, 0.15) is 16.4 Å². The highest BCUT2D eigenvalue weighted by Gasteiger charge is 2.35. The second-order valence-corrected chi connectivity index (χ2v) is 5.57. The van der Waals surface area contributed by atoms with Gasteiger partial charge in [0.2, 0.25) is 0 Å². The average Bonchev–Trinajstić information content (AvgIpc) is 2.37. The standard InChI is InChI=1S/C12H8N2O3S/c13-14-8-18(16,17)12-10(7-15)6-5-9-3-1-2-4-11(9)12/h1-6,8,12H. The first-order chi connectivity index (χ1) is 8.60. The zero-order valence-electron chi connectivity index (χ0n) is 9.15. The molecule has 0 bridgehead atoms. The third-order valence-electron chi connectivity index (χ3n) is 2.64. The summed E-state index contributed by atoms with van der Waals surface area (Å²) in [6.45, 7) is 0. The molecule has 0 aliphatic heterocycles. The van der Waals surface area contributed by atoms with Gasteiger partial charge in [-0.3, -0.25) is 0 Å². The molecule has 90 valence electrons. The first-order valence-electron chi connectivity index (χ1n) is 5.03. The summed E-state index contributed by atoms with van der Waals surface area (Å²) in [7, 11) is -3.90. The van der Waals surface area contributed by atoms with Crippen LogP contribution in [0, 0.1) is 0 Å². The molecule has 6 heteroatoms. The lowest BCUT2D eigenvalue weighted by molar-refractivity contribution is 0.00749. The van der Waals surface area contributed by atoms with Crippen LogP contribution in [0.15, 0.2) is 35.9 Å². The Balaban J connectivity index is 2.74. The maximum absolute atomic E-state index is 12.0. The number of benzene rings is 1. The molecule has 0 amide bonds. The van der Waals surface area contributed by atoms with Crippen molar-refractivity contribution in [1.82, 2.24) is 0 Å². The van der Waals surface area contributed by atoms with Gasteiger partial charge in [0.1, 0.15) is 11.2 Å². The Morgan fingerprint density at radius 2 is 2.00 bits per heavy atom. The SMILES string of the molecule is [N-]=[N+]=CS(=O)(=O)C1C(=C=O)C=Cc2ccccc21. The lowest BCUT2D eigenvalue weighted by Crippen LogP contribution is -2.19. The Labute approximate surface area is 104 Å². The van der Waals surface area contributed by atoms with Gasteiger partial charge in [-0.25, -0.2) is 13.2 Å². The van der Waals surface area contributed by atoms with Crippen molar-refractivity contribution in [3.8, 4) is 0 Å². The first-order valence-corrected chi connectivity index (χ1v) is 6.64. The minimum Gasteiger partial charge on any atom is -0.361 e. The van der Waals surface area contributed by atoms with Gasteiger partial charge in [0.25, 0.3) is 9.84 Å². The van der Waals surface area contributed by atoms with E-state index in [-0.39, 0.29) is 5.57 Å². The molecule has 0 N–H and O–H groups in total. The number of allylic oxidation sites excluding steroid dienone is 1. The number of fused-ring (bicyclic) bond motifs is 1. The maximum Gasteiger partial charge on any atom is 0.371 e. The molecule has 1 aromatic carbocycles. The molecule has 0 saturated carbocycles. The molecule has 0 fully saturated rings. The van der Waals surface area contributed by atoms with E-state index in [1.807, 2.05) is 0 Å². The predicted octanol–water partition coefficient (Wildman–Crippen LogP) is 1.19. The van der Waals surface area contributed by atoms with Gasteiger partial charge >= 0.3 is 5.55 Å². The summed E-state index contributed by atoms with van der Waals surface area (Å²) in [5.74, 6) is 1.62. The summed E-state index contributed by atoms with van der Waals surface area (Å²) < 4.78 is 23.9. The van der Waals surface area contributed by atoms with Crippen LogP contribution in [0.3, 0.4) is 0 Å². The molecule has 5 nitrogen and oxygen atoms in total. The van der Waals surface area contributed by atoms with E-state index in [2.05, 4.69) is 4.79 Å². The molecule has 1 unspecified atom stereocenters. The van der Waals surface area contributed by atoms with Gasteiger partial charge in [0.15, 0.2) is 0 Å². The molecule has 1 aromatic rings. The van der Waals surface area contributed by atoms with Crippen molar-refractivity contribution in [3.05, 3.63) is 52.6 Å². The van der Waals surface area contributed by atoms with Crippen molar-refractivity contribution >= 4 is 27.4 Å². The first kappa shape index (κ1) is 12.2. The summed E-state index contributed by atoms with van der Waals surface area (Å²) in [6, 6.07) is 6.80. The normalized spacial score (nSPS) is 17.6. The molecule has 1 atom stereocenters. The van der Waals surface area contributed by atoms with E-state index >= 15 is 0 Å². The minimum absolute atomic E-state index is 0.00593. The van der Waals surface area contributed by atoms with E-state index in [4.69, 9.17) is 5.53 Å². The molecule has 2 rings (SSSR count). The largest absolute Gasteiger partial charge is 0.371 e. The zero-order chi connectivity index (χ0) is 13.2. The van der Waals surface area contributed by atoms with Crippen LogP contribution in [0.25, 0.3) is 11.6 Å². The van der Waals surface area contributed by atoms with E-state index < -0.39 is 15.1 Å². The molecule has 0 heterocycles. The molecular weight excluding hydrogens is 252 g/mol. The van der Waals surface area contributed by atoms with Crippen molar-refractivity contribution in [1.29, 1.82) is 0 Å². The van der Waals surface area contributed by atoms with Crippen molar-refractivity contribution in [3.63, 3.8) is 0 Å². The van der Waals surface area contributed by atoms with Gasteiger partial charge < -0.3 is 5.53 Å². The highest BCUT2D eigenvalue weighted by Crippen LogP contribution is 2.36. The van der Waals surface area contributed by atoms with Crippen LogP contribution in [0.2, 0.25) is 0 Å². The fourth-order valence-electron chi connectivity index (χ4n) is 1.90. The van der Waals surface area contributed by atoms with E-state index in [0.29, 0.717) is 16.7 Å². The average molecular weight is 260 g/mol. The van der Waals surface area contributed by atoms with E-state index in [1.165, 1.54) is 6.08 Å². The number of sulfone groups is 1. The van der Waals surface area contributed by atoms with E-state index in [0.717, 1.165) is 0 Å². The smallest absolute Gasteiger partial charge is 0.361 e.